The molecule has 0 unspecified atom stereocenters. The number of aryl methyl sites for hydroxylation is 1. The average Bonchev–Trinajstić information content (AvgIpc) is 3.06. The molecule has 0 bridgehead atoms. The smallest absolute Gasteiger partial charge is 0.276 e. The SMILES string of the molecule is CCCC[C@@]1(O)COC2(CN(C(=O)c3noc(C)c3COC)C2)C1. The van der Waals surface area contributed by atoms with Crippen molar-refractivity contribution in [1.82, 2.24) is 10.1 Å². The number of unbranched alkanes of at least 4 members (excludes halogenated alkanes) is 1. The minimum atomic E-state index is -0.753. The molecule has 1 N–H and O–H groups in total. The molecule has 24 heavy (non-hydrogen) atoms. The molecule has 0 aromatic carbocycles. The van der Waals surface area contributed by atoms with Crippen molar-refractivity contribution in [2.24, 2.45) is 0 Å². The van der Waals surface area contributed by atoms with Crippen molar-refractivity contribution >= 4 is 5.91 Å². The van der Waals surface area contributed by atoms with E-state index in [9.17, 15) is 9.90 Å². The lowest BCUT2D eigenvalue weighted by atomic mass is 9.82. The molecule has 1 spiro atoms. The van der Waals surface area contributed by atoms with E-state index in [-0.39, 0.29) is 5.91 Å². The van der Waals surface area contributed by atoms with Gasteiger partial charge < -0.3 is 24.0 Å². The van der Waals surface area contributed by atoms with E-state index in [0.29, 0.717) is 49.7 Å². The molecule has 1 aromatic heterocycles. The maximum absolute atomic E-state index is 12.6. The molecule has 2 aliphatic rings. The van der Waals surface area contributed by atoms with Gasteiger partial charge in [-0.05, 0) is 13.3 Å². The zero-order valence-electron chi connectivity index (χ0n) is 14.6. The molecule has 3 heterocycles. The van der Waals surface area contributed by atoms with Crippen LogP contribution in [-0.4, -0.2) is 59.1 Å². The van der Waals surface area contributed by atoms with Gasteiger partial charge in [-0.3, -0.25) is 4.79 Å². The maximum atomic E-state index is 12.6. The lowest BCUT2D eigenvalue weighted by molar-refractivity contribution is -0.0958. The van der Waals surface area contributed by atoms with Crippen molar-refractivity contribution in [3.8, 4) is 0 Å². The summed E-state index contributed by atoms with van der Waals surface area (Å²) in [5.74, 6) is 0.429. The summed E-state index contributed by atoms with van der Waals surface area (Å²) in [5, 5.41) is 14.5. The zero-order valence-corrected chi connectivity index (χ0v) is 14.6. The predicted molar refractivity (Wildman–Crippen MR) is 85.6 cm³/mol. The van der Waals surface area contributed by atoms with Gasteiger partial charge in [-0.1, -0.05) is 24.9 Å². The fraction of sp³-hybridized carbons (Fsp3) is 0.765. The molecule has 0 saturated carbocycles. The minimum absolute atomic E-state index is 0.169. The maximum Gasteiger partial charge on any atom is 0.276 e. The van der Waals surface area contributed by atoms with Gasteiger partial charge in [-0.2, -0.15) is 0 Å². The summed E-state index contributed by atoms with van der Waals surface area (Å²) >= 11 is 0. The number of aromatic nitrogens is 1. The Kier molecular flexibility index (Phi) is 4.68. The normalized spacial score (nSPS) is 25.2. The quantitative estimate of drug-likeness (QED) is 0.849. The number of aliphatic hydroxyl groups is 1. The van der Waals surface area contributed by atoms with E-state index in [1.165, 1.54) is 0 Å². The van der Waals surface area contributed by atoms with Crippen LogP contribution in [0.15, 0.2) is 4.52 Å². The van der Waals surface area contributed by atoms with Crippen LogP contribution in [0.2, 0.25) is 0 Å². The third kappa shape index (κ3) is 3.08. The molecule has 7 heteroatoms. The Morgan fingerprint density at radius 2 is 2.21 bits per heavy atom. The number of ether oxygens (including phenoxy) is 2. The van der Waals surface area contributed by atoms with E-state index < -0.39 is 11.2 Å². The Balaban J connectivity index is 1.62. The molecule has 1 amide bonds. The van der Waals surface area contributed by atoms with E-state index in [1.807, 2.05) is 0 Å². The molecule has 0 aliphatic carbocycles. The Bertz CT molecular complexity index is 608. The summed E-state index contributed by atoms with van der Waals surface area (Å²) in [6, 6.07) is 0. The summed E-state index contributed by atoms with van der Waals surface area (Å²) < 4.78 is 16.1. The van der Waals surface area contributed by atoms with Gasteiger partial charge in [-0.15, -0.1) is 0 Å². The minimum Gasteiger partial charge on any atom is -0.387 e. The van der Waals surface area contributed by atoms with Crippen LogP contribution in [0, 0.1) is 6.92 Å². The van der Waals surface area contributed by atoms with Crippen LogP contribution >= 0.6 is 0 Å². The highest BCUT2D eigenvalue weighted by Crippen LogP contribution is 2.42. The fourth-order valence-corrected chi connectivity index (χ4v) is 3.67. The number of likely N-dealkylation sites (tertiary alicyclic amines) is 1. The highest BCUT2D eigenvalue weighted by Gasteiger charge is 2.56. The number of hydrogen-bond acceptors (Lipinski definition) is 6. The number of rotatable bonds is 6. The first kappa shape index (κ1) is 17.4. The van der Waals surface area contributed by atoms with Gasteiger partial charge in [0.05, 0.1) is 37.5 Å². The molecular weight excluding hydrogens is 312 g/mol. The zero-order chi connectivity index (χ0) is 17.4. The van der Waals surface area contributed by atoms with Gasteiger partial charge in [0.25, 0.3) is 5.91 Å². The first-order valence-electron chi connectivity index (χ1n) is 8.52. The summed E-state index contributed by atoms with van der Waals surface area (Å²) in [4.78, 5) is 14.3. The van der Waals surface area contributed by atoms with Crippen LogP contribution in [-0.2, 0) is 16.1 Å². The standard InChI is InChI=1S/C17H26N2O5/c1-4-5-6-16(21)8-17(23-11-16)9-19(10-17)15(20)14-13(7-22-3)12(2)24-18-14/h21H,4-11H2,1-3H3/t16-/m0/s1. The van der Waals surface area contributed by atoms with E-state index in [0.717, 1.165) is 19.3 Å². The van der Waals surface area contributed by atoms with Gasteiger partial charge in [0.1, 0.15) is 11.4 Å². The molecule has 1 atom stereocenters. The third-order valence-corrected chi connectivity index (χ3v) is 5.02. The number of carbonyl (C=O) groups excluding carboxylic acids is 1. The summed E-state index contributed by atoms with van der Waals surface area (Å²) in [5.41, 5.74) is -0.159. The number of carbonyl (C=O) groups is 1. The van der Waals surface area contributed by atoms with Crippen LogP contribution in [0.3, 0.4) is 0 Å². The lowest BCUT2D eigenvalue weighted by Crippen LogP contribution is -2.63. The fourth-order valence-electron chi connectivity index (χ4n) is 3.67. The first-order chi connectivity index (χ1) is 11.4. The summed E-state index contributed by atoms with van der Waals surface area (Å²) in [6.45, 7) is 5.49. The van der Waals surface area contributed by atoms with Crippen LogP contribution in [0.1, 0.15) is 54.4 Å². The van der Waals surface area contributed by atoms with E-state index in [2.05, 4.69) is 12.1 Å². The second kappa shape index (κ2) is 6.46. The number of amides is 1. The van der Waals surface area contributed by atoms with Crippen molar-refractivity contribution in [3.05, 3.63) is 17.0 Å². The van der Waals surface area contributed by atoms with Crippen LogP contribution < -0.4 is 0 Å². The molecular formula is C17H26N2O5. The van der Waals surface area contributed by atoms with Crippen molar-refractivity contribution in [2.45, 2.75) is 57.3 Å². The molecule has 2 fully saturated rings. The second-order valence-electron chi connectivity index (χ2n) is 7.14. The molecule has 1 aromatic rings. The number of nitrogens with zero attached hydrogens (tertiary/aromatic N) is 2. The molecule has 3 rings (SSSR count). The third-order valence-electron chi connectivity index (χ3n) is 5.02. The van der Waals surface area contributed by atoms with Gasteiger partial charge in [0.15, 0.2) is 5.69 Å². The van der Waals surface area contributed by atoms with Crippen molar-refractivity contribution < 1.29 is 23.9 Å². The number of hydrogen-bond donors (Lipinski definition) is 1. The predicted octanol–water partition coefficient (Wildman–Crippen LogP) is 1.67. The Hall–Kier alpha value is -1.44. The Morgan fingerprint density at radius 3 is 2.88 bits per heavy atom. The highest BCUT2D eigenvalue weighted by molar-refractivity contribution is 5.94. The molecule has 2 aliphatic heterocycles. The first-order valence-corrected chi connectivity index (χ1v) is 8.52. The van der Waals surface area contributed by atoms with Gasteiger partial charge in [0, 0.05) is 13.5 Å². The Morgan fingerprint density at radius 1 is 1.46 bits per heavy atom. The van der Waals surface area contributed by atoms with Crippen LogP contribution in [0.4, 0.5) is 0 Å². The average molecular weight is 338 g/mol. The van der Waals surface area contributed by atoms with Gasteiger partial charge in [0.2, 0.25) is 0 Å². The van der Waals surface area contributed by atoms with E-state index in [1.54, 1.807) is 18.9 Å². The van der Waals surface area contributed by atoms with Crippen molar-refractivity contribution in [1.29, 1.82) is 0 Å². The van der Waals surface area contributed by atoms with E-state index >= 15 is 0 Å². The van der Waals surface area contributed by atoms with Crippen LogP contribution in [0.5, 0.6) is 0 Å². The lowest BCUT2D eigenvalue weighted by Gasteiger charge is -2.47. The van der Waals surface area contributed by atoms with Crippen molar-refractivity contribution in [3.63, 3.8) is 0 Å². The second-order valence-corrected chi connectivity index (χ2v) is 7.14. The number of methoxy groups -OCH3 is 1. The highest BCUT2D eigenvalue weighted by atomic mass is 16.5. The molecule has 134 valence electrons. The largest absolute Gasteiger partial charge is 0.387 e. The van der Waals surface area contributed by atoms with Crippen LogP contribution in [0.25, 0.3) is 0 Å². The molecule has 7 nitrogen and oxygen atoms in total. The Labute approximate surface area is 141 Å². The topological polar surface area (TPSA) is 85.0 Å². The summed E-state index contributed by atoms with van der Waals surface area (Å²) in [6.07, 6.45) is 3.37. The molecule has 2 saturated heterocycles. The van der Waals surface area contributed by atoms with Gasteiger partial charge in [-0.25, -0.2) is 0 Å². The van der Waals surface area contributed by atoms with Gasteiger partial charge >= 0.3 is 0 Å². The monoisotopic (exact) mass is 338 g/mol. The van der Waals surface area contributed by atoms with E-state index in [4.69, 9.17) is 14.0 Å². The molecule has 0 radical (unpaired) electrons. The van der Waals surface area contributed by atoms with Crippen molar-refractivity contribution in [2.75, 3.05) is 26.8 Å². The summed E-state index contributed by atoms with van der Waals surface area (Å²) in [7, 11) is 1.57.